The molecule has 0 bridgehead atoms. The Hall–Kier alpha value is -1.66. The lowest BCUT2D eigenvalue weighted by atomic mass is 10.1. The summed E-state index contributed by atoms with van der Waals surface area (Å²) < 4.78 is 5.41. The smallest absolute Gasteiger partial charge is 0.265 e. The predicted molar refractivity (Wildman–Crippen MR) is 98.4 cm³/mol. The molecule has 0 fully saturated rings. The van der Waals surface area contributed by atoms with Crippen molar-refractivity contribution in [1.29, 1.82) is 0 Å². The number of nitrogens with one attached hydrogen (secondary N) is 2. The lowest BCUT2D eigenvalue weighted by molar-refractivity contribution is -0.112. The lowest BCUT2D eigenvalue weighted by Crippen LogP contribution is -2.26. The third kappa shape index (κ3) is 4.92. The topological polar surface area (TPSA) is 67.4 Å². The number of hydrogen-bond acceptors (Lipinski definition) is 4. The molecular formula is C17H21ClN2O3S. The second-order valence-electron chi connectivity index (χ2n) is 5.34. The zero-order valence-corrected chi connectivity index (χ0v) is 15.4. The van der Waals surface area contributed by atoms with E-state index in [1.165, 1.54) is 11.8 Å². The molecule has 1 heterocycles. The second-order valence-corrected chi connectivity index (χ2v) is 6.88. The number of anilines is 1. The first-order valence-corrected chi connectivity index (χ1v) is 9.25. The van der Waals surface area contributed by atoms with Crippen LogP contribution in [-0.2, 0) is 9.53 Å². The van der Waals surface area contributed by atoms with E-state index in [9.17, 15) is 9.59 Å². The van der Waals surface area contributed by atoms with Crippen molar-refractivity contribution in [3.8, 4) is 0 Å². The van der Waals surface area contributed by atoms with Crippen molar-refractivity contribution >= 4 is 40.9 Å². The standard InChI is InChI=1S/C17H21ClN2O3S/c1-3-4-7-19-16(21)13-10-12(18)5-6-14(13)20-17(22)15-11(2)23-8-9-24-15/h5-6,10H,3-4,7-9H2,1-2H3,(H,19,21)(H,20,22). The van der Waals surface area contributed by atoms with E-state index in [2.05, 4.69) is 17.6 Å². The summed E-state index contributed by atoms with van der Waals surface area (Å²) in [5, 5.41) is 6.07. The Morgan fingerprint density at radius 2 is 2.12 bits per heavy atom. The van der Waals surface area contributed by atoms with E-state index in [1.807, 2.05) is 0 Å². The van der Waals surface area contributed by atoms with Gasteiger partial charge in [-0.05, 0) is 31.5 Å². The van der Waals surface area contributed by atoms with Gasteiger partial charge in [-0.15, -0.1) is 11.8 Å². The molecule has 2 rings (SSSR count). The number of carbonyl (C=O) groups excluding carboxylic acids is 2. The summed E-state index contributed by atoms with van der Waals surface area (Å²) in [5.74, 6) is 0.804. The van der Waals surface area contributed by atoms with Crippen LogP contribution >= 0.6 is 23.4 Å². The molecule has 7 heteroatoms. The minimum Gasteiger partial charge on any atom is -0.496 e. The molecule has 1 aromatic rings. The fraction of sp³-hybridized carbons (Fsp3) is 0.412. The summed E-state index contributed by atoms with van der Waals surface area (Å²) in [6, 6.07) is 4.84. The highest BCUT2D eigenvalue weighted by atomic mass is 35.5. The molecule has 24 heavy (non-hydrogen) atoms. The summed E-state index contributed by atoms with van der Waals surface area (Å²) in [6.45, 7) is 5.00. The van der Waals surface area contributed by atoms with Crippen molar-refractivity contribution in [3.63, 3.8) is 0 Å². The Morgan fingerprint density at radius 3 is 2.83 bits per heavy atom. The van der Waals surface area contributed by atoms with E-state index in [-0.39, 0.29) is 11.8 Å². The molecule has 130 valence electrons. The lowest BCUT2D eigenvalue weighted by Gasteiger charge is -2.18. The SMILES string of the molecule is CCCCNC(=O)c1cc(Cl)ccc1NC(=O)C1=C(C)OCCS1. The van der Waals surface area contributed by atoms with Gasteiger partial charge >= 0.3 is 0 Å². The fourth-order valence-electron chi connectivity index (χ4n) is 2.20. The number of rotatable bonds is 6. The van der Waals surface area contributed by atoms with Gasteiger partial charge in [-0.1, -0.05) is 24.9 Å². The number of thioether (sulfide) groups is 1. The number of amides is 2. The second kappa shape index (κ2) is 8.99. The van der Waals surface area contributed by atoms with Gasteiger partial charge in [0.15, 0.2) is 0 Å². The molecule has 1 aliphatic heterocycles. The van der Waals surface area contributed by atoms with Gasteiger partial charge in [0, 0.05) is 17.3 Å². The van der Waals surface area contributed by atoms with Crippen LogP contribution in [0.25, 0.3) is 0 Å². The Kier molecular flexibility index (Phi) is 6.99. The average molecular weight is 369 g/mol. The number of allylic oxidation sites excluding steroid dienone is 1. The van der Waals surface area contributed by atoms with E-state index >= 15 is 0 Å². The highest BCUT2D eigenvalue weighted by Gasteiger charge is 2.21. The van der Waals surface area contributed by atoms with Crippen molar-refractivity contribution in [2.45, 2.75) is 26.7 Å². The third-order valence-electron chi connectivity index (χ3n) is 3.46. The largest absolute Gasteiger partial charge is 0.496 e. The molecule has 5 nitrogen and oxygen atoms in total. The van der Waals surface area contributed by atoms with Crippen LogP contribution in [0.15, 0.2) is 28.9 Å². The van der Waals surface area contributed by atoms with E-state index < -0.39 is 0 Å². The summed E-state index contributed by atoms with van der Waals surface area (Å²) in [7, 11) is 0. The average Bonchev–Trinajstić information content (AvgIpc) is 2.57. The van der Waals surface area contributed by atoms with Gasteiger partial charge in [-0.2, -0.15) is 0 Å². The van der Waals surface area contributed by atoms with E-state index in [1.54, 1.807) is 25.1 Å². The van der Waals surface area contributed by atoms with E-state index in [0.717, 1.165) is 18.6 Å². The van der Waals surface area contributed by atoms with Gasteiger partial charge in [0.2, 0.25) is 0 Å². The third-order valence-corrected chi connectivity index (χ3v) is 4.83. The normalized spacial score (nSPS) is 14.1. The van der Waals surface area contributed by atoms with Gasteiger partial charge in [-0.25, -0.2) is 0 Å². The molecule has 0 saturated heterocycles. The number of unbranched alkanes of at least 4 members (excludes halogenated alkanes) is 1. The van der Waals surface area contributed by atoms with Crippen LogP contribution in [0.4, 0.5) is 5.69 Å². The van der Waals surface area contributed by atoms with Crippen LogP contribution in [-0.4, -0.2) is 30.7 Å². The minimum absolute atomic E-state index is 0.250. The molecule has 0 aliphatic carbocycles. The maximum absolute atomic E-state index is 12.5. The number of benzene rings is 1. The molecule has 0 atom stereocenters. The fourth-order valence-corrected chi connectivity index (χ4v) is 3.18. The van der Waals surface area contributed by atoms with E-state index in [0.29, 0.717) is 40.1 Å². The van der Waals surface area contributed by atoms with Crippen molar-refractivity contribution in [2.24, 2.45) is 0 Å². The summed E-state index contributed by atoms with van der Waals surface area (Å²) in [6.07, 6.45) is 1.89. The van der Waals surface area contributed by atoms with Crippen LogP contribution in [0.1, 0.15) is 37.0 Å². The molecule has 0 unspecified atom stereocenters. The number of halogens is 1. The molecular weight excluding hydrogens is 348 g/mol. The first-order valence-electron chi connectivity index (χ1n) is 7.88. The van der Waals surface area contributed by atoms with Crippen LogP contribution in [0.3, 0.4) is 0 Å². The summed E-state index contributed by atoms with van der Waals surface area (Å²) in [5.41, 5.74) is 0.789. The minimum atomic E-state index is -0.276. The van der Waals surface area contributed by atoms with Gasteiger partial charge in [0.05, 0.1) is 17.9 Å². The Morgan fingerprint density at radius 1 is 1.33 bits per heavy atom. The molecule has 0 spiro atoms. The van der Waals surface area contributed by atoms with Gasteiger partial charge < -0.3 is 15.4 Å². The van der Waals surface area contributed by atoms with E-state index in [4.69, 9.17) is 16.3 Å². The molecule has 1 aliphatic rings. The monoisotopic (exact) mass is 368 g/mol. The molecule has 2 amide bonds. The Labute approximate surface area is 151 Å². The summed E-state index contributed by atoms with van der Waals surface area (Å²) in [4.78, 5) is 25.4. The van der Waals surface area contributed by atoms with Crippen LogP contribution < -0.4 is 10.6 Å². The maximum Gasteiger partial charge on any atom is 0.265 e. The Balaban J connectivity index is 2.17. The van der Waals surface area contributed by atoms with Crippen LogP contribution in [0, 0.1) is 0 Å². The predicted octanol–water partition coefficient (Wildman–Crippen LogP) is 3.80. The van der Waals surface area contributed by atoms with Gasteiger partial charge in [0.1, 0.15) is 10.7 Å². The van der Waals surface area contributed by atoms with Crippen molar-refractivity contribution in [2.75, 3.05) is 24.2 Å². The number of hydrogen-bond donors (Lipinski definition) is 2. The molecule has 2 N–H and O–H groups in total. The first kappa shape index (κ1) is 18.7. The maximum atomic E-state index is 12.5. The van der Waals surface area contributed by atoms with Crippen molar-refractivity contribution in [3.05, 3.63) is 39.4 Å². The zero-order valence-electron chi connectivity index (χ0n) is 13.8. The number of ether oxygens (including phenoxy) is 1. The molecule has 1 aromatic carbocycles. The zero-order chi connectivity index (χ0) is 17.5. The molecule has 0 aromatic heterocycles. The quantitative estimate of drug-likeness (QED) is 0.749. The highest BCUT2D eigenvalue weighted by molar-refractivity contribution is 8.04. The Bertz CT molecular complexity index is 661. The highest BCUT2D eigenvalue weighted by Crippen LogP contribution is 2.28. The molecule has 0 saturated carbocycles. The van der Waals surface area contributed by atoms with Crippen LogP contribution in [0.2, 0.25) is 5.02 Å². The number of carbonyl (C=O) groups is 2. The van der Waals surface area contributed by atoms with Crippen molar-refractivity contribution in [1.82, 2.24) is 5.32 Å². The van der Waals surface area contributed by atoms with Crippen LogP contribution in [0.5, 0.6) is 0 Å². The van der Waals surface area contributed by atoms with Crippen molar-refractivity contribution < 1.29 is 14.3 Å². The summed E-state index contributed by atoms with van der Waals surface area (Å²) >= 11 is 7.45. The van der Waals surface area contributed by atoms with Gasteiger partial charge in [0.25, 0.3) is 11.8 Å². The first-order chi connectivity index (χ1) is 11.5. The van der Waals surface area contributed by atoms with Gasteiger partial charge in [-0.3, -0.25) is 9.59 Å². The molecule has 0 radical (unpaired) electrons.